The molecule has 1 aromatic carbocycles. The van der Waals surface area contributed by atoms with Crippen molar-refractivity contribution in [1.29, 1.82) is 0 Å². The molecular weight excluding hydrogens is 478 g/mol. The van der Waals surface area contributed by atoms with Crippen LogP contribution in [-0.4, -0.2) is 50.5 Å². The summed E-state index contributed by atoms with van der Waals surface area (Å²) in [5.74, 6) is 0.554. The Morgan fingerprint density at radius 3 is 2.78 bits per heavy atom. The van der Waals surface area contributed by atoms with Crippen molar-refractivity contribution in [2.24, 2.45) is 5.92 Å². The van der Waals surface area contributed by atoms with E-state index < -0.39 is 18.8 Å². The number of hydrogen-bond donors (Lipinski definition) is 2. The lowest BCUT2D eigenvalue weighted by Gasteiger charge is -2.24. The van der Waals surface area contributed by atoms with Gasteiger partial charge >= 0.3 is 0 Å². The van der Waals surface area contributed by atoms with E-state index in [0.29, 0.717) is 11.6 Å². The predicted molar refractivity (Wildman–Crippen MR) is 137 cm³/mol. The van der Waals surface area contributed by atoms with Crippen LogP contribution in [0, 0.1) is 5.92 Å². The number of anilines is 2. The normalized spacial score (nSPS) is 24.8. The zero-order chi connectivity index (χ0) is 25.7. The Kier molecular flexibility index (Phi) is 5.95. The first-order chi connectivity index (χ1) is 17.8. The summed E-state index contributed by atoms with van der Waals surface area (Å²) >= 11 is 0. The van der Waals surface area contributed by atoms with Gasteiger partial charge in [-0.05, 0) is 68.9 Å². The van der Waals surface area contributed by atoms with E-state index in [1.807, 2.05) is 44.3 Å². The zero-order valence-corrected chi connectivity index (χ0v) is 20.8. The second-order valence-corrected chi connectivity index (χ2v) is 10.4. The third-order valence-corrected chi connectivity index (χ3v) is 7.45. The SMILES string of the molecule is CC1(C)O[C@@H]2[C@@H](CCc3ccc4ccc(NCC(F)F)nc4c3)C[C@@H](n3ccc4c(N)ncnc43)[C@@H]2O1. The molecule has 1 aliphatic carbocycles. The Hall–Kier alpha value is -3.37. The third kappa shape index (κ3) is 4.59. The number of nitrogen functional groups attached to an aromatic ring is 1. The van der Waals surface area contributed by atoms with Gasteiger partial charge in [-0.15, -0.1) is 0 Å². The first-order valence-corrected chi connectivity index (χ1v) is 12.6. The summed E-state index contributed by atoms with van der Waals surface area (Å²) in [6.07, 6.45) is 3.63. The van der Waals surface area contributed by atoms with Crippen LogP contribution in [0.1, 0.15) is 38.3 Å². The zero-order valence-electron chi connectivity index (χ0n) is 20.8. The topological polar surface area (TPSA) is 100 Å². The van der Waals surface area contributed by atoms with Crippen molar-refractivity contribution >= 4 is 33.6 Å². The number of rotatable bonds is 7. The van der Waals surface area contributed by atoms with Crippen LogP contribution in [0.25, 0.3) is 21.9 Å². The van der Waals surface area contributed by atoms with Gasteiger partial charge in [-0.1, -0.05) is 12.1 Å². The second-order valence-electron chi connectivity index (χ2n) is 10.4. The summed E-state index contributed by atoms with van der Waals surface area (Å²) in [6, 6.07) is 11.8. The monoisotopic (exact) mass is 508 g/mol. The van der Waals surface area contributed by atoms with Crippen molar-refractivity contribution in [1.82, 2.24) is 19.5 Å². The van der Waals surface area contributed by atoms with Crippen molar-refractivity contribution in [3.8, 4) is 0 Å². The summed E-state index contributed by atoms with van der Waals surface area (Å²) in [5, 5.41) is 4.50. The van der Waals surface area contributed by atoms with E-state index in [9.17, 15) is 8.78 Å². The Balaban J connectivity index is 1.22. The largest absolute Gasteiger partial charge is 0.383 e. The minimum Gasteiger partial charge on any atom is -0.383 e. The number of nitrogens with two attached hydrogens (primary N) is 1. The van der Waals surface area contributed by atoms with Crippen LogP contribution in [0.3, 0.4) is 0 Å². The number of nitrogens with zero attached hydrogens (tertiary/aromatic N) is 4. The second kappa shape index (κ2) is 9.18. The summed E-state index contributed by atoms with van der Waals surface area (Å²) < 4.78 is 40.1. The van der Waals surface area contributed by atoms with Crippen LogP contribution in [0.2, 0.25) is 0 Å². The molecule has 0 spiro atoms. The lowest BCUT2D eigenvalue weighted by Crippen LogP contribution is -2.27. The molecule has 0 bridgehead atoms. The van der Waals surface area contributed by atoms with Gasteiger partial charge in [0.2, 0.25) is 0 Å². The molecule has 1 aliphatic heterocycles. The first-order valence-electron chi connectivity index (χ1n) is 12.6. The minimum atomic E-state index is -2.43. The molecule has 10 heteroatoms. The van der Waals surface area contributed by atoms with E-state index in [4.69, 9.17) is 15.2 Å². The van der Waals surface area contributed by atoms with Crippen molar-refractivity contribution in [2.45, 2.75) is 63.6 Å². The van der Waals surface area contributed by atoms with Crippen molar-refractivity contribution < 1.29 is 18.3 Å². The molecule has 6 rings (SSSR count). The minimum absolute atomic E-state index is 0.0274. The van der Waals surface area contributed by atoms with Gasteiger partial charge in [0.1, 0.15) is 29.7 Å². The number of fused-ring (bicyclic) bond motifs is 3. The van der Waals surface area contributed by atoms with E-state index in [0.717, 1.165) is 46.8 Å². The number of hydrogen-bond acceptors (Lipinski definition) is 7. The smallest absolute Gasteiger partial charge is 0.255 e. The van der Waals surface area contributed by atoms with E-state index in [2.05, 4.69) is 30.9 Å². The number of aromatic nitrogens is 4. The van der Waals surface area contributed by atoms with Crippen molar-refractivity contribution in [2.75, 3.05) is 17.6 Å². The maximum absolute atomic E-state index is 12.6. The number of benzene rings is 1. The van der Waals surface area contributed by atoms with Gasteiger partial charge in [0, 0.05) is 11.6 Å². The average molecular weight is 509 g/mol. The van der Waals surface area contributed by atoms with E-state index in [1.165, 1.54) is 6.33 Å². The highest BCUT2D eigenvalue weighted by atomic mass is 19.3. The standard InChI is InChI=1S/C27H30F2N6O2/c1-27(2)36-23-17(12-20(24(23)37-27)35-10-9-18-25(30)32-14-33-26(18)35)6-4-15-3-5-16-7-8-22(31-13-21(28)29)34-19(16)11-15/h3,5,7-11,14,17,20-21,23-24H,4,6,12-13H2,1-2H3,(H,31,34)(H2,30,32,33)/t17-,20+,23+,24-/m0/s1. The molecular formula is C27H30F2N6O2. The molecule has 1 saturated heterocycles. The molecule has 3 aromatic heterocycles. The summed E-state index contributed by atoms with van der Waals surface area (Å²) in [6.45, 7) is 3.50. The van der Waals surface area contributed by atoms with Gasteiger partial charge in [-0.2, -0.15) is 0 Å². The molecule has 4 aromatic rings. The fourth-order valence-electron chi connectivity index (χ4n) is 5.82. The predicted octanol–water partition coefficient (Wildman–Crippen LogP) is 4.95. The number of halogens is 2. The molecule has 4 atom stereocenters. The molecule has 4 heterocycles. The molecule has 0 amide bonds. The maximum atomic E-state index is 12.6. The summed E-state index contributed by atoms with van der Waals surface area (Å²) in [4.78, 5) is 13.1. The first kappa shape index (κ1) is 24.0. The number of alkyl halides is 2. The number of aryl methyl sites for hydroxylation is 1. The number of pyridine rings is 1. The molecule has 194 valence electrons. The highest BCUT2D eigenvalue weighted by Crippen LogP contribution is 2.49. The van der Waals surface area contributed by atoms with Crippen LogP contribution in [-0.2, 0) is 15.9 Å². The van der Waals surface area contributed by atoms with Gasteiger partial charge in [-0.3, -0.25) is 0 Å². The van der Waals surface area contributed by atoms with Crippen LogP contribution in [0.5, 0.6) is 0 Å². The van der Waals surface area contributed by atoms with Crippen LogP contribution < -0.4 is 11.1 Å². The van der Waals surface area contributed by atoms with Crippen molar-refractivity contribution in [3.63, 3.8) is 0 Å². The molecule has 2 aliphatic rings. The lowest BCUT2D eigenvalue weighted by atomic mass is 9.95. The Labute approximate surface area is 213 Å². The number of ether oxygens (including phenoxy) is 2. The number of nitrogens with one attached hydrogen (secondary N) is 1. The van der Waals surface area contributed by atoms with Gasteiger partial charge < -0.3 is 25.1 Å². The maximum Gasteiger partial charge on any atom is 0.255 e. The summed E-state index contributed by atoms with van der Waals surface area (Å²) in [5.41, 5.74) is 8.82. The average Bonchev–Trinajstić information content (AvgIpc) is 3.52. The van der Waals surface area contributed by atoms with Gasteiger partial charge in [0.25, 0.3) is 6.43 Å². The Bertz CT molecular complexity index is 1440. The lowest BCUT2D eigenvalue weighted by molar-refractivity contribution is -0.160. The van der Waals surface area contributed by atoms with Gasteiger partial charge in [-0.25, -0.2) is 23.7 Å². The molecule has 1 saturated carbocycles. The molecule has 0 unspecified atom stereocenters. The molecule has 2 fully saturated rings. The fraction of sp³-hybridized carbons (Fsp3) is 0.444. The Morgan fingerprint density at radius 2 is 1.95 bits per heavy atom. The van der Waals surface area contributed by atoms with E-state index in [-0.39, 0.29) is 24.2 Å². The molecule has 3 N–H and O–H groups in total. The van der Waals surface area contributed by atoms with Gasteiger partial charge in [0.05, 0.1) is 29.6 Å². The summed E-state index contributed by atoms with van der Waals surface area (Å²) in [7, 11) is 0. The molecule has 0 radical (unpaired) electrons. The van der Waals surface area contributed by atoms with Gasteiger partial charge in [0.15, 0.2) is 5.79 Å². The van der Waals surface area contributed by atoms with Crippen LogP contribution in [0.15, 0.2) is 48.9 Å². The Morgan fingerprint density at radius 1 is 1.14 bits per heavy atom. The fourth-order valence-corrected chi connectivity index (χ4v) is 5.82. The highest BCUT2D eigenvalue weighted by molar-refractivity contribution is 5.86. The van der Waals surface area contributed by atoms with Crippen molar-refractivity contribution in [3.05, 3.63) is 54.5 Å². The molecule has 37 heavy (non-hydrogen) atoms. The highest BCUT2D eigenvalue weighted by Gasteiger charge is 2.54. The quantitative estimate of drug-likeness (QED) is 0.364. The third-order valence-electron chi connectivity index (χ3n) is 7.45. The van der Waals surface area contributed by atoms with Crippen LogP contribution >= 0.6 is 0 Å². The molecule has 8 nitrogen and oxygen atoms in total. The van der Waals surface area contributed by atoms with E-state index >= 15 is 0 Å². The van der Waals surface area contributed by atoms with Crippen LogP contribution in [0.4, 0.5) is 20.4 Å². The van der Waals surface area contributed by atoms with E-state index in [1.54, 1.807) is 6.07 Å².